The number of hydrogen-bond donors (Lipinski definition) is 1. The molecule has 2 aliphatic heterocycles. The van der Waals surface area contributed by atoms with Gasteiger partial charge in [-0.05, 0) is 62.2 Å². The average molecular weight is 521 g/mol. The molecule has 186 valence electrons. The minimum absolute atomic E-state index is 0.259. The average Bonchev–Trinajstić information content (AvgIpc) is 3.31. The van der Waals surface area contributed by atoms with Crippen molar-refractivity contribution >= 4 is 40.6 Å². The van der Waals surface area contributed by atoms with Crippen LogP contribution in [0.4, 0.5) is 11.4 Å². The van der Waals surface area contributed by atoms with Gasteiger partial charge in [0.05, 0.1) is 34.4 Å². The van der Waals surface area contributed by atoms with E-state index in [1.54, 1.807) is 29.1 Å². The topological polar surface area (TPSA) is 77.2 Å². The molecule has 0 unspecified atom stereocenters. The number of nitrogens with zero attached hydrogens (tertiary/aromatic N) is 5. The van der Waals surface area contributed by atoms with Crippen LogP contribution >= 0.6 is 23.4 Å². The fourth-order valence-corrected chi connectivity index (χ4v) is 6.12. The molecule has 0 aliphatic carbocycles. The molecule has 9 heteroatoms. The number of hydrogen-bond acceptors (Lipinski definition) is 6. The molecular formula is C27H29ClN6OS. The lowest BCUT2D eigenvalue weighted by molar-refractivity contribution is 0.102. The molecule has 2 saturated heterocycles. The van der Waals surface area contributed by atoms with Crippen LogP contribution in [-0.4, -0.2) is 64.3 Å². The smallest absolute Gasteiger partial charge is 0.259 e. The lowest BCUT2D eigenvalue weighted by Gasteiger charge is -2.41. The number of aromatic nitrogens is 2. The van der Waals surface area contributed by atoms with Gasteiger partial charge >= 0.3 is 0 Å². The van der Waals surface area contributed by atoms with E-state index >= 15 is 0 Å². The molecule has 7 nitrogen and oxygen atoms in total. The lowest BCUT2D eigenvalue weighted by atomic mass is 10.0. The largest absolute Gasteiger partial charge is 0.370 e. The molecular weight excluding hydrogens is 492 g/mol. The van der Waals surface area contributed by atoms with Crippen molar-refractivity contribution in [2.75, 3.05) is 47.9 Å². The summed E-state index contributed by atoms with van der Waals surface area (Å²) in [5.74, 6) is 2.20. The Kier molecular flexibility index (Phi) is 7.51. The van der Waals surface area contributed by atoms with E-state index in [0.29, 0.717) is 27.9 Å². The SMILES string of the molecule is Cc1c(C(=O)Nc2ccc(N3CCC(N4CCSCC4)CC3)c(C#N)c2)cnn1-c1ccc(Cl)cc1. The van der Waals surface area contributed by atoms with Crippen molar-refractivity contribution in [3.63, 3.8) is 0 Å². The molecule has 1 amide bonds. The molecule has 0 radical (unpaired) electrons. The van der Waals surface area contributed by atoms with Gasteiger partial charge < -0.3 is 10.2 Å². The summed E-state index contributed by atoms with van der Waals surface area (Å²) in [6.45, 7) is 6.11. The molecule has 2 aliphatic rings. The monoisotopic (exact) mass is 520 g/mol. The van der Waals surface area contributed by atoms with Crippen LogP contribution in [0, 0.1) is 18.3 Å². The molecule has 0 atom stereocenters. The zero-order valence-electron chi connectivity index (χ0n) is 20.3. The van der Waals surface area contributed by atoms with Crippen molar-refractivity contribution in [1.29, 1.82) is 5.26 Å². The Balaban J connectivity index is 1.26. The third kappa shape index (κ3) is 5.24. The molecule has 1 aromatic heterocycles. The van der Waals surface area contributed by atoms with Gasteiger partial charge in [-0.2, -0.15) is 22.1 Å². The quantitative estimate of drug-likeness (QED) is 0.511. The number of rotatable bonds is 5. The van der Waals surface area contributed by atoms with Crippen LogP contribution < -0.4 is 10.2 Å². The highest BCUT2D eigenvalue weighted by atomic mass is 35.5. The zero-order chi connectivity index (χ0) is 25.1. The van der Waals surface area contributed by atoms with Crippen molar-refractivity contribution in [2.24, 2.45) is 0 Å². The Bertz CT molecular complexity index is 1270. The van der Waals surface area contributed by atoms with Gasteiger partial charge in [0, 0.05) is 54.4 Å². The number of anilines is 2. The van der Waals surface area contributed by atoms with Crippen molar-refractivity contribution < 1.29 is 4.79 Å². The van der Waals surface area contributed by atoms with Gasteiger partial charge in [0.25, 0.3) is 5.91 Å². The predicted octanol–water partition coefficient (Wildman–Crippen LogP) is 4.98. The van der Waals surface area contributed by atoms with E-state index in [0.717, 1.165) is 43.0 Å². The highest BCUT2D eigenvalue weighted by Crippen LogP contribution is 2.29. The summed E-state index contributed by atoms with van der Waals surface area (Å²) in [4.78, 5) is 18.0. The van der Waals surface area contributed by atoms with Gasteiger partial charge in [-0.3, -0.25) is 9.69 Å². The van der Waals surface area contributed by atoms with Gasteiger partial charge in [0.15, 0.2) is 0 Å². The number of piperidine rings is 1. The third-order valence-corrected chi connectivity index (χ3v) is 8.26. The van der Waals surface area contributed by atoms with Crippen molar-refractivity contribution in [3.05, 3.63) is 70.5 Å². The molecule has 1 N–H and O–H groups in total. The number of amides is 1. The first kappa shape index (κ1) is 24.7. The Morgan fingerprint density at radius 2 is 1.83 bits per heavy atom. The van der Waals surface area contributed by atoms with Crippen LogP contribution in [0.5, 0.6) is 0 Å². The molecule has 3 heterocycles. The van der Waals surface area contributed by atoms with Gasteiger partial charge in [0.2, 0.25) is 0 Å². The van der Waals surface area contributed by atoms with Crippen LogP contribution in [0.25, 0.3) is 5.69 Å². The van der Waals surface area contributed by atoms with E-state index in [-0.39, 0.29) is 5.91 Å². The molecule has 0 spiro atoms. The second-order valence-corrected chi connectivity index (χ2v) is 10.9. The first-order chi connectivity index (χ1) is 17.5. The van der Waals surface area contributed by atoms with E-state index < -0.39 is 0 Å². The van der Waals surface area contributed by atoms with Crippen LogP contribution in [0.3, 0.4) is 0 Å². The molecule has 3 aromatic rings. The Labute approximate surface area is 221 Å². The molecule has 5 rings (SSSR count). The predicted molar refractivity (Wildman–Crippen MR) is 147 cm³/mol. The Morgan fingerprint density at radius 1 is 1.11 bits per heavy atom. The summed E-state index contributed by atoms with van der Waals surface area (Å²) in [5.41, 5.74) is 4.14. The van der Waals surface area contributed by atoms with Crippen molar-refractivity contribution in [1.82, 2.24) is 14.7 Å². The third-order valence-electron chi connectivity index (χ3n) is 7.07. The second-order valence-electron chi connectivity index (χ2n) is 9.20. The number of thioether (sulfide) groups is 1. The minimum atomic E-state index is -0.259. The molecule has 0 saturated carbocycles. The van der Waals surface area contributed by atoms with Crippen LogP contribution in [0.2, 0.25) is 5.02 Å². The van der Waals surface area contributed by atoms with Crippen LogP contribution in [0.1, 0.15) is 34.5 Å². The molecule has 2 fully saturated rings. The maximum absolute atomic E-state index is 13.0. The number of benzene rings is 2. The maximum Gasteiger partial charge on any atom is 0.259 e. The zero-order valence-corrected chi connectivity index (χ0v) is 21.9. The standard InChI is InChI=1S/C27H29ClN6OS/c1-19-25(18-30-34(19)24-5-2-21(28)3-6-24)27(35)31-22-4-7-26(20(16-22)17-29)33-10-8-23(9-11-33)32-12-14-36-15-13-32/h2-7,16,18,23H,8-15H2,1H3,(H,31,35). The maximum atomic E-state index is 13.0. The summed E-state index contributed by atoms with van der Waals surface area (Å²) in [6.07, 6.45) is 3.79. The number of halogens is 1. The summed E-state index contributed by atoms with van der Waals surface area (Å²) >= 11 is 8.03. The van der Waals surface area contributed by atoms with Gasteiger partial charge in [-0.15, -0.1) is 0 Å². The summed E-state index contributed by atoms with van der Waals surface area (Å²) < 4.78 is 1.71. The van der Waals surface area contributed by atoms with Crippen LogP contribution in [-0.2, 0) is 0 Å². The number of nitriles is 1. The first-order valence-corrected chi connectivity index (χ1v) is 13.8. The highest BCUT2D eigenvalue weighted by molar-refractivity contribution is 7.99. The van der Waals surface area contributed by atoms with Gasteiger partial charge in [0.1, 0.15) is 6.07 Å². The van der Waals surface area contributed by atoms with Crippen LogP contribution in [0.15, 0.2) is 48.7 Å². The van der Waals surface area contributed by atoms with E-state index in [4.69, 9.17) is 11.6 Å². The van der Waals surface area contributed by atoms with Crippen molar-refractivity contribution in [2.45, 2.75) is 25.8 Å². The number of carbonyl (C=O) groups excluding carboxylic acids is 1. The lowest BCUT2D eigenvalue weighted by Crippen LogP contribution is -2.47. The van der Waals surface area contributed by atoms with Gasteiger partial charge in [-0.25, -0.2) is 4.68 Å². The van der Waals surface area contributed by atoms with Gasteiger partial charge in [-0.1, -0.05) is 11.6 Å². The normalized spacial score (nSPS) is 17.1. The van der Waals surface area contributed by atoms with Crippen molar-refractivity contribution in [3.8, 4) is 11.8 Å². The minimum Gasteiger partial charge on any atom is -0.370 e. The van der Waals surface area contributed by atoms with E-state index in [1.165, 1.54) is 24.6 Å². The van der Waals surface area contributed by atoms with E-state index in [1.807, 2.05) is 43.0 Å². The first-order valence-electron chi connectivity index (χ1n) is 12.3. The molecule has 0 bridgehead atoms. The summed E-state index contributed by atoms with van der Waals surface area (Å²) in [7, 11) is 0. The number of nitrogens with one attached hydrogen (secondary N) is 1. The Hall–Kier alpha value is -2.99. The number of carbonyl (C=O) groups is 1. The molecule has 2 aromatic carbocycles. The fraction of sp³-hybridized carbons (Fsp3) is 0.370. The fourth-order valence-electron chi connectivity index (χ4n) is 5.07. The second kappa shape index (κ2) is 11.0. The molecule has 36 heavy (non-hydrogen) atoms. The van der Waals surface area contributed by atoms with E-state index in [2.05, 4.69) is 26.3 Å². The van der Waals surface area contributed by atoms with E-state index in [9.17, 15) is 10.1 Å². The summed E-state index contributed by atoms with van der Waals surface area (Å²) in [5, 5.41) is 17.8. The highest BCUT2D eigenvalue weighted by Gasteiger charge is 2.27. The summed E-state index contributed by atoms with van der Waals surface area (Å²) in [6, 6.07) is 15.9. The Morgan fingerprint density at radius 3 is 2.53 bits per heavy atom.